The zero-order valence-corrected chi connectivity index (χ0v) is 19.3. The molecule has 0 aliphatic carbocycles. The first-order valence-corrected chi connectivity index (χ1v) is 11.1. The molecule has 0 atom stereocenters. The van der Waals surface area contributed by atoms with Crippen LogP contribution in [0.1, 0.15) is 51.2 Å². The topological polar surface area (TPSA) is 104 Å². The molecule has 0 radical (unpaired) electrons. The summed E-state index contributed by atoms with van der Waals surface area (Å²) in [6.45, 7) is 6.18. The van der Waals surface area contributed by atoms with Crippen LogP contribution in [-0.2, 0) is 24.4 Å². The molecule has 0 fully saturated rings. The van der Waals surface area contributed by atoms with Crippen LogP contribution >= 0.6 is 0 Å². The number of nitrogens with zero attached hydrogens (tertiary/aromatic N) is 5. The zero-order valence-electron chi connectivity index (χ0n) is 19.3. The van der Waals surface area contributed by atoms with Crippen LogP contribution in [0.25, 0.3) is 11.4 Å². The van der Waals surface area contributed by atoms with Gasteiger partial charge in [0.1, 0.15) is 24.4 Å². The summed E-state index contributed by atoms with van der Waals surface area (Å²) in [5.74, 6) is 0.306. The van der Waals surface area contributed by atoms with Crippen molar-refractivity contribution in [2.24, 2.45) is 0 Å². The van der Waals surface area contributed by atoms with Gasteiger partial charge in [-0.1, -0.05) is 29.0 Å². The molecule has 1 N–H and O–H groups in total. The fourth-order valence-electron chi connectivity index (χ4n) is 4.24. The number of imidazole rings is 1. The number of aliphatic hydroxyl groups excluding tert-OH is 1. The number of rotatable bonds is 6. The minimum absolute atomic E-state index is 0.106. The summed E-state index contributed by atoms with van der Waals surface area (Å²) in [5.41, 5.74) is 6.84. The molecule has 9 nitrogen and oxygen atoms in total. The van der Waals surface area contributed by atoms with Crippen LogP contribution in [0.4, 0.5) is 0 Å². The summed E-state index contributed by atoms with van der Waals surface area (Å²) in [4.78, 5) is 17.0. The molecule has 174 valence electrons. The third kappa shape index (κ3) is 3.73. The number of aryl methyl sites for hydroxylation is 2. The molecule has 0 amide bonds. The Bertz CT molecular complexity index is 1390. The molecule has 9 heteroatoms. The maximum atomic E-state index is 12.6. The van der Waals surface area contributed by atoms with E-state index >= 15 is 0 Å². The Labute approximate surface area is 196 Å². The Morgan fingerprint density at radius 2 is 1.97 bits per heavy atom. The maximum Gasteiger partial charge on any atom is 0.358 e. The van der Waals surface area contributed by atoms with Crippen molar-refractivity contribution in [2.45, 2.75) is 40.4 Å². The van der Waals surface area contributed by atoms with Gasteiger partial charge in [-0.15, -0.1) is 5.10 Å². The highest BCUT2D eigenvalue weighted by molar-refractivity contribution is 5.89. The second-order valence-electron chi connectivity index (χ2n) is 8.24. The predicted molar refractivity (Wildman–Crippen MR) is 123 cm³/mol. The Kier molecular flexibility index (Phi) is 5.62. The first-order chi connectivity index (χ1) is 16.5. The minimum Gasteiger partial charge on any atom is -0.487 e. The third-order valence-electron chi connectivity index (χ3n) is 5.92. The van der Waals surface area contributed by atoms with Crippen LogP contribution < -0.4 is 4.74 Å². The van der Waals surface area contributed by atoms with Gasteiger partial charge >= 0.3 is 5.97 Å². The van der Waals surface area contributed by atoms with Crippen LogP contribution in [0.2, 0.25) is 0 Å². The number of aliphatic hydroxyl groups is 1. The highest BCUT2D eigenvalue weighted by Crippen LogP contribution is 2.31. The molecular weight excluding hydrogens is 434 g/mol. The van der Waals surface area contributed by atoms with Crippen LogP contribution in [0.5, 0.6) is 5.75 Å². The lowest BCUT2D eigenvalue weighted by Gasteiger charge is -2.11. The minimum atomic E-state index is -0.473. The molecule has 0 saturated carbocycles. The molecule has 1 aliphatic heterocycles. The highest BCUT2D eigenvalue weighted by atomic mass is 16.5. The molecule has 2 aromatic heterocycles. The van der Waals surface area contributed by atoms with Gasteiger partial charge in [0.05, 0.1) is 36.0 Å². The smallest absolute Gasteiger partial charge is 0.358 e. The summed E-state index contributed by atoms with van der Waals surface area (Å²) in [6, 6.07) is 11.6. The van der Waals surface area contributed by atoms with Crippen molar-refractivity contribution < 1.29 is 19.4 Å². The van der Waals surface area contributed by atoms with Gasteiger partial charge < -0.3 is 14.6 Å². The molecule has 0 saturated heterocycles. The molecule has 0 unspecified atom stereocenters. The van der Waals surface area contributed by atoms with Crippen molar-refractivity contribution in [3.8, 4) is 17.1 Å². The van der Waals surface area contributed by atoms with Crippen molar-refractivity contribution in [3.05, 3.63) is 82.2 Å². The number of hydrogen-bond donors (Lipinski definition) is 1. The van der Waals surface area contributed by atoms with Gasteiger partial charge in [0.2, 0.25) is 0 Å². The second-order valence-corrected chi connectivity index (χ2v) is 8.24. The first-order valence-electron chi connectivity index (χ1n) is 11.1. The monoisotopic (exact) mass is 459 g/mol. The predicted octanol–water partition coefficient (Wildman–Crippen LogP) is 3.22. The quantitative estimate of drug-likeness (QED) is 0.389. The van der Waals surface area contributed by atoms with Gasteiger partial charge in [-0.2, -0.15) is 0 Å². The van der Waals surface area contributed by atoms with Gasteiger partial charge in [-0.3, -0.25) is 4.57 Å². The highest BCUT2D eigenvalue weighted by Gasteiger charge is 2.29. The van der Waals surface area contributed by atoms with E-state index < -0.39 is 5.97 Å². The Morgan fingerprint density at radius 1 is 1.12 bits per heavy atom. The van der Waals surface area contributed by atoms with E-state index in [0.717, 1.165) is 33.9 Å². The molecule has 0 spiro atoms. The van der Waals surface area contributed by atoms with Crippen LogP contribution in [0.3, 0.4) is 0 Å². The number of hydrogen-bond acceptors (Lipinski definition) is 7. The number of fused-ring (bicyclic) bond motifs is 5. The lowest BCUT2D eigenvalue weighted by Crippen LogP contribution is -2.11. The fourth-order valence-corrected chi connectivity index (χ4v) is 4.24. The van der Waals surface area contributed by atoms with Crippen LogP contribution in [0, 0.1) is 13.8 Å². The van der Waals surface area contributed by atoms with Crippen molar-refractivity contribution in [1.29, 1.82) is 0 Å². The van der Waals surface area contributed by atoms with Gasteiger partial charge in [-0.05, 0) is 50.1 Å². The van der Waals surface area contributed by atoms with E-state index in [1.807, 2.05) is 48.7 Å². The fraction of sp³-hybridized carbons (Fsp3) is 0.280. The van der Waals surface area contributed by atoms with Crippen LogP contribution in [0.15, 0.2) is 42.7 Å². The number of esters is 1. The van der Waals surface area contributed by atoms with E-state index in [1.54, 1.807) is 17.9 Å². The van der Waals surface area contributed by atoms with E-state index in [0.29, 0.717) is 17.8 Å². The first kappa shape index (κ1) is 21.8. The molecule has 0 bridgehead atoms. The summed E-state index contributed by atoms with van der Waals surface area (Å²) < 4.78 is 14.9. The lowest BCUT2D eigenvalue weighted by atomic mass is 10.1. The Hall–Kier alpha value is -3.98. The molecule has 2 aromatic carbocycles. The molecule has 4 aromatic rings. The second kappa shape index (κ2) is 8.75. The van der Waals surface area contributed by atoms with E-state index in [-0.39, 0.29) is 25.5 Å². The molecule has 3 heterocycles. The van der Waals surface area contributed by atoms with Gasteiger partial charge in [0.25, 0.3) is 0 Å². The number of carbonyl (C=O) groups is 1. The Balaban J connectivity index is 1.60. The number of aromatic nitrogens is 5. The largest absolute Gasteiger partial charge is 0.487 e. The molecule has 5 rings (SSSR count). The summed E-state index contributed by atoms with van der Waals surface area (Å²) in [6.07, 6.45) is 1.97. The normalized spacial score (nSPS) is 11.9. The van der Waals surface area contributed by atoms with Crippen molar-refractivity contribution in [3.63, 3.8) is 0 Å². The van der Waals surface area contributed by atoms with E-state index in [2.05, 4.69) is 21.4 Å². The molecular formula is C25H25N5O4. The third-order valence-corrected chi connectivity index (χ3v) is 5.92. The van der Waals surface area contributed by atoms with Gasteiger partial charge in [0.15, 0.2) is 5.69 Å². The van der Waals surface area contributed by atoms with E-state index in [9.17, 15) is 9.90 Å². The molecule has 1 aliphatic rings. The van der Waals surface area contributed by atoms with E-state index in [1.165, 1.54) is 5.56 Å². The van der Waals surface area contributed by atoms with Gasteiger partial charge in [0, 0.05) is 6.42 Å². The average molecular weight is 460 g/mol. The summed E-state index contributed by atoms with van der Waals surface area (Å²) in [7, 11) is 0. The zero-order chi connectivity index (χ0) is 23.8. The number of ether oxygens (including phenoxy) is 2. The van der Waals surface area contributed by atoms with Crippen molar-refractivity contribution >= 4 is 5.97 Å². The lowest BCUT2D eigenvalue weighted by molar-refractivity contribution is 0.0519. The number of carbonyl (C=O) groups excluding carboxylic acids is 1. The average Bonchev–Trinajstić information content (AvgIpc) is 3.40. The van der Waals surface area contributed by atoms with Gasteiger partial charge in [-0.25, -0.2) is 14.5 Å². The van der Waals surface area contributed by atoms with Crippen molar-refractivity contribution in [1.82, 2.24) is 24.5 Å². The van der Waals surface area contributed by atoms with E-state index in [4.69, 9.17) is 9.47 Å². The number of benzene rings is 2. The standard InChI is InChI=1S/C25H25N5O4/c1-4-33-25(32)24-22-11-20-18(13-34-23-8-5-15(2)9-16(23)3)27-28-30(20)21-10-17(12-31)6-7-19(21)29(22)14-26-24/h5-10,14,31H,4,11-13H2,1-3H3. The summed E-state index contributed by atoms with van der Waals surface area (Å²) in [5, 5.41) is 18.5. The van der Waals surface area contributed by atoms with Crippen LogP contribution in [-0.4, -0.2) is 42.2 Å². The maximum absolute atomic E-state index is 12.6. The van der Waals surface area contributed by atoms with Crippen molar-refractivity contribution in [2.75, 3.05) is 6.61 Å². The summed E-state index contributed by atoms with van der Waals surface area (Å²) >= 11 is 0. The molecule has 34 heavy (non-hydrogen) atoms. The Morgan fingerprint density at radius 3 is 2.74 bits per heavy atom. The SMILES string of the molecule is CCOC(=O)c1ncn2c1Cc1c(COc3ccc(C)cc3C)nnn1-c1cc(CO)ccc1-2.